The molecule has 0 amide bonds. The van der Waals surface area contributed by atoms with E-state index in [1.807, 2.05) is 0 Å². The van der Waals surface area contributed by atoms with Crippen LogP contribution in [-0.2, 0) is 4.74 Å². The highest BCUT2D eigenvalue weighted by molar-refractivity contribution is 7.80. The van der Waals surface area contributed by atoms with Gasteiger partial charge in [-0.15, -0.1) is 0 Å². The second-order valence-electron chi connectivity index (χ2n) is 5.08. The van der Waals surface area contributed by atoms with Gasteiger partial charge in [0.2, 0.25) is 0 Å². The fourth-order valence-corrected chi connectivity index (χ4v) is 2.25. The Morgan fingerprint density at radius 3 is 3.10 bits per heavy atom. The minimum absolute atomic E-state index is 0.276. The van der Waals surface area contributed by atoms with Crippen molar-refractivity contribution in [2.24, 2.45) is 5.10 Å². The first kappa shape index (κ1) is 14.9. The highest BCUT2D eigenvalue weighted by Gasteiger charge is 2.14. The van der Waals surface area contributed by atoms with E-state index in [0.29, 0.717) is 5.11 Å². The second kappa shape index (κ2) is 7.36. The van der Waals surface area contributed by atoms with Crippen molar-refractivity contribution in [3.8, 4) is 0 Å². The Balaban J connectivity index is 1.77. The van der Waals surface area contributed by atoms with Crippen LogP contribution >= 0.6 is 12.2 Å². The van der Waals surface area contributed by atoms with Crippen LogP contribution in [0.4, 0.5) is 0 Å². The average molecular weight is 291 g/mol. The van der Waals surface area contributed by atoms with E-state index in [9.17, 15) is 0 Å². The van der Waals surface area contributed by atoms with Gasteiger partial charge in [-0.3, -0.25) is 5.43 Å². The summed E-state index contributed by atoms with van der Waals surface area (Å²) >= 11 is 5.17. The molecule has 1 unspecified atom stereocenters. The molecule has 0 spiro atoms. The van der Waals surface area contributed by atoms with Crippen molar-refractivity contribution in [1.29, 1.82) is 0 Å². The Morgan fingerprint density at radius 1 is 1.50 bits per heavy atom. The maximum absolute atomic E-state index is 5.52. The Kier molecular flexibility index (Phi) is 5.49. The van der Waals surface area contributed by atoms with Gasteiger partial charge in [-0.1, -0.05) is 23.8 Å². The molecule has 0 saturated carbocycles. The molecule has 1 aromatic carbocycles. The molecule has 1 saturated heterocycles. The third-order valence-corrected chi connectivity index (χ3v) is 3.55. The van der Waals surface area contributed by atoms with Crippen LogP contribution < -0.4 is 10.7 Å². The Morgan fingerprint density at radius 2 is 2.35 bits per heavy atom. The van der Waals surface area contributed by atoms with Crippen LogP contribution in [0.15, 0.2) is 23.3 Å². The Labute approximate surface area is 125 Å². The molecule has 0 bridgehead atoms. The second-order valence-corrected chi connectivity index (χ2v) is 5.48. The summed E-state index contributed by atoms with van der Waals surface area (Å²) in [6.07, 6.45) is 4.30. The van der Waals surface area contributed by atoms with Crippen molar-refractivity contribution in [3.05, 3.63) is 34.9 Å². The topological polar surface area (TPSA) is 45.7 Å². The highest BCUT2D eigenvalue weighted by Crippen LogP contribution is 2.10. The quantitative estimate of drug-likeness (QED) is 0.507. The summed E-state index contributed by atoms with van der Waals surface area (Å²) in [5.41, 5.74) is 6.35. The van der Waals surface area contributed by atoms with Crippen LogP contribution in [0, 0.1) is 13.8 Å². The number of aryl methyl sites for hydroxylation is 2. The van der Waals surface area contributed by atoms with E-state index in [1.54, 1.807) is 6.21 Å². The van der Waals surface area contributed by atoms with E-state index >= 15 is 0 Å². The summed E-state index contributed by atoms with van der Waals surface area (Å²) < 4.78 is 5.52. The van der Waals surface area contributed by atoms with Crippen molar-refractivity contribution >= 4 is 23.5 Å². The molecule has 1 aromatic rings. The summed E-state index contributed by atoms with van der Waals surface area (Å²) in [4.78, 5) is 0. The number of hydrogen-bond acceptors (Lipinski definition) is 3. The van der Waals surface area contributed by atoms with Crippen LogP contribution in [0.1, 0.15) is 29.5 Å². The van der Waals surface area contributed by atoms with Gasteiger partial charge in [0, 0.05) is 13.2 Å². The first-order chi connectivity index (χ1) is 9.65. The zero-order valence-electron chi connectivity index (χ0n) is 12.0. The SMILES string of the molecule is Cc1ccc(C)c(/C=N/NC(=S)NCC2CCCO2)c1. The standard InChI is InChI=1S/C15H21N3OS/c1-11-5-6-12(2)13(8-11)9-17-18-15(20)16-10-14-4-3-7-19-14/h5-6,8-9,14H,3-4,7,10H2,1-2H3,(H2,16,18,20)/b17-9+. The van der Waals surface area contributed by atoms with Crippen LogP contribution in [0.5, 0.6) is 0 Å². The summed E-state index contributed by atoms with van der Waals surface area (Å²) in [5.74, 6) is 0. The number of hydrazone groups is 1. The molecule has 20 heavy (non-hydrogen) atoms. The molecule has 1 aliphatic heterocycles. The lowest BCUT2D eigenvalue weighted by Crippen LogP contribution is -2.37. The van der Waals surface area contributed by atoms with Gasteiger partial charge in [-0.05, 0) is 50.0 Å². The van der Waals surface area contributed by atoms with Gasteiger partial charge in [0.1, 0.15) is 0 Å². The number of nitrogens with zero attached hydrogens (tertiary/aromatic N) is 1. The number of thiocarbonyl (C=S) groups is 1. The summed E-state index contributed by atoms with van der Waals surface area (Å²) in [6.45, 7) is 5.73. The maximum Gasteiger partial charge on any atom is 0.187 e. The molecular formula is C15H21N3OS. The largest absolute Gasteiger partial charge is 0.376 e. The lowest BCUT2D eigenvalue weighted by atomic mass is 10.1. The van der Waals surface area contributed by atoms with Gasteiger partial charge < -0.3 is 10.1 Å². The smallest absolute Gasteiger partial charge is 0.187 e. The first-order valence-electron chi connectivity index (χ1n) is 6.91. The first-order valence-corrected chi connectivity index (χ1v) is 7.32. The van der Waals surface area contributed by atoms with Crippen molar-refractivity contribution < 1.29 is 4.74 Å². The van der Waals surface area contributed by atoms with Crippen LogP contribution in [0.3, 0.4) is 0 Å². The van der Waals surface area contributed by atoms with Gasteiger partial charge in [0.05, 0.1) is 12.3 Å². The lowest BCUT2D eigenvalue weighted by molar-refractivity contribution is 0.114. The molecule has 1 heterocycles. The van der Waals surface area contributed by atoms with Crippen LogP contribution in [0.2, 0.25) is 0 Å². The summed E-state index contributed by atoms with van der Waals surface area (Å²) in [5, 5.41) is 7.82. The van der Waals surface area contributed by atoms with Gasteiger partial charge in [0.25, 0.3) is 0 Å². The molecular weight excluding hydrogens is 270 g/mol. The molecule has 1 fully saturated rings. The van der Waals surface area contributed by atoms with Crippen LogP contribution in [0.25, 0.3) is 0 Å². The highest BCUT2D eigenvalue weighted by atomic mass is 32.1. The monoisotopic (exact) mass is 291 g/mol. The predicted octanol–water partition coefficient (Wildman–Crippen LogP) is 2.28. The van der Waals surface area contributed by atoms with Gasteiger partial charge in [0.15, 0.2) is 5.11 Å². The maximum atomic E-state index is 5.52. The van der Waals surface area contributed by atoms with E-state index in [4.69, 9.17) is 17.0 Å². The van der Waals surface area contributed by atoms with Crippen molar-refractivity contribution in [2.45, 2.75) is 32.8 Å². The number of rotatable bonds is 4. The molecule has 0 radical (unpaired) electrons. The van der Waals surface area contributed by atoms with Gasteiger partial charge in [-0.2, -0.15) is 5.10 Å². The number of benzene rings is 1. The van der Waals surface area contributed by atoms with Crippen LogP contribution in [-0.4, -0.2) is 30.6 Å². The fraction of sp³-hybridized carbons (Fsp3) is 0.467. The molecule has 2 N–H and O–H groups in total. The zero-order chi connectivity index (χ0) is 14.4. The van der Waals surface area contributed by atoms with Crippen molar-refractivity contribution in [2.75, 3.05) is 13.2 Å². The number of hydrogen-bond donors (Lipinski definition) is 2. The minimum atomic E-state index is 0.276. The Hall–Kier alpha value is -1.46. The van der Waals surface area contributed by atoms with Crippen molar-refractivity contribution in [1.82, 2.24) is 10.7 Å². The zero-order valence-corrected chi connectivity index (χ0v) is 12.8. The third-order valence-electron chi connectivity index (χ3n) is 3.32. The van der Waals surface area contributed by atoms with Gasteiger partial charge in [-0.25, -0.2) is 0 Å². The number of nitrogens with one attached hydrogen (secondary N) is 2. The van der Waals surface area contributed by atoms with Gasteiger partial charge >= 0.3 is 0 Å². The Bertz CT molecular complexity index is 496. The normalized spacial score (nSPS) is 18.4. The summed E-state index contributed by atoms with van der Waals surface area (Å²) in [6, 6.07) is 6.28. The molecule has 1 atom stereocenters. The molecule has 0 aromatic heterocycles. The molecule has 5 heteroatoms. The minimum Gasteiger partial charge on any atom is -0.376 e. The van der Waals surface area contributed by atoms with E-state index in [-0.39, 0.29) is 6.10 Å². The molecule has 4 nitrogen and oxygen atoms in total. The number of ether oxygens (including phenoxy) is 1. The van der Waals surface area contributed by atoms with E-state index in [1.165, 1.54) is 11.1 Å². The van der Waals surface area contributed by atoms with Crippen molar-refractivity contribution in [3.63, 3.8) is 0 Å². The molecule has 0 aliphatic carbocycles. The third kappa shape index (κ3) is 4.58. The van der Waals surface area contributed by atoms with E-state index < -0.39 is 0 Å². The molecule has 2 rings (SSSR count). The fourth-order valence-electron chi connectivity index (χ4n) is 2.11. The predicted molar refractivity (Wildman–Crippen MR) is 86.2 cm³/mol. The van der Waals surface area contributed by atoms with E-state index in [0.717, 1.165) is 31.6 Å². The molecule has 1 aliphatic rings. The lowest BCUT2D eigenvalue weighted by Gasteiger charge is -2.11. The summed E-state index contributed by atoms with van der Waals surface area (Å²) in [7, 11) is 0. The average Bonchev–Trinajstić information content (AvgIpc) is 2.93. The molecule has 108 valence electrons. The van der Waals surface area contributed by atoms with E-state index in [2.05, 4.69) is 47.9 Å².